The van der Waals surface area contributed by atoms with Crippen molar-refractivity contribution in [2.24, 2.45) is 0 Å². The van der Waals surface area contributed by atoms with Gasteiger partial charge in [0.15, 0.2) is 0 Å². The van der Waals surface area contributed by atoms with Gasteiger partial charge in [-0.3, -0.25) is 9.39 Å². The Morgan fingerprint density at radius 3 is 2.36 bits per heavy atom. The summed E-state index contributed by atoms with van der Waals surface area (Å²) in [5, 5.41) is 0. The zero-order valence-electron chi connectivity index (χ0n) is 8.70. The maximum absolute atomic E-state index is 10.3. The third kappa shape index (κ3) is 11.8. The van der Waals surface area contributed by atoms with Crippen molar-refractivity contribution in [1.29, 1.82) is 0 Å². The smallest absolute Gasteiger partial charge is 0.264 e. The largest absolute Gasteiger partial charge is 0.286 e. The molecule has 0 atom stereocenters. The molecular formula is C7H18N2O4S. The van der Waals surface area contributed by atoms with E-state index in [2.05, 4.69) is 11.0 Å². The summed E-state index contributed by atoms with van der Waals surface area (Å²) in [7, 11) is -3.85. The second-order valence-corrected chi connectivity index (χ2v) is 5.45. The van der Waals surface area contributed by atoms with Crippen LogP contribution in [0.3, 0.4) is 0 Å². The summed E-state index contributed by atoms with van der Waals surface area (Å²) in [5.41, 5.74) is 4.84. The number of nitrogens with one attached hydrogen (secondary N) is 2. The minimum Gasteiger partial charge on any atom is -0.286 e. The van der Waals surface area contributed by atoms with Gasteiger partial charge < -0.3 is 0 Å². The maximum Gasteiger partial charge on any atom is 0.264 e. The first-order chi connectivity index (χ1) is 6.21. The molecule has 0 aromatic carbocycles. The molecule has 0 aromatic heterocycles. The molecule has 0 amide bonds. The molecule has 14 heavy (non-hydrogen) atoms. The quantitative estimate of drug-likeness (QED) is 0.338. The van der Waals surface area contributed by atoms with Gasteiger partial charge >= 0.3 is 0 Å². The van der Waals surface area contributed by atoms with Gasteiger partial charge in [0.25, 0.3) is 10.1 Å². The van der Waals surface area contributed by atoms with Crippen molar-refractivity contribution in [2.45, 2.75) is 32.8 Å². The average Bonchev–Trinajstić information content (AvgIpc) is 1.92. The summed E-state index contributed by atoms with van der Waals surface area (Å²) in [4.78, 5) is 5.09. The van der Waals surface area contributed by atoms with Crippen molar-refractivity contribution in [3.05, 3.63) is 0 Å². The van der Waals surface area contributed by atoms with Crippen LogP contribution in [0.2, 0.25) is 0 Å². The lowest BCUT2D eigenvalue weighted by Crippen LogP contribution is -2.39. The maximum atomic E-state index is 10.3. The van der Waals surface area contributed by atoms with Gasteiger partial charge in [0.1, 0.15) is 0 Å². The zero-order chi connectivity index (χ0) is 11.2. The minimum atomic E-state index is -3.85. The molecule has 0 aromatic rings. The Hall–Kier alpha value is -0.210. The molecule has 0 heterocycles. The summed E-state index contributed by atoms with van der Waals surface area (Å²) >= 11 is 0. The van der Waals surface area contributed by atoms with Gasteiger partial charge in [0.05, 0.1) is 11.4 Å². The van der Waals surface area contributed by atoms with Crippen LogP contribution >= 0.6 is 0 Å². The topological polar surface area (TPSA) is 87.7 Å². The first kappa shape index (κ1) is 13.8. The summed E-state index contributed by atoms with van der Waals surface area (Å²) in [6.45, 7) is 6.02. The first-order valence-electron chi connectivity index (χ1n) is 4.32. The molecular weight excluding hydrogens is 208 g/mol. The third-order valence-electron chi connectivity index (χ3n) is 1.13. The fraction of sp³-hybridized carbons (Fsp3) is 1.00. The van der Waals surface area contributed by atoms with E-state index in [-0.39, 0.29) is 11.4 Å². The minimum absolute atomic E-state index is 0.253. The zero-order valence-corrected chi connectivity index (χ0v) is 9.52. The Morgan fingerprint density at radius 2 is 1.93 bits per heavy atom. The molecule has 0 aliphatic rings. The molecule has 0 aliphatic heterocycles. The number of hydrogen-bond donors (Lipinski definition) is 3. The highest BCUT2D eigenvalue weighted by atomic mass is 32.2. The number of rotatable bonds is 6. The van der Waals surface area contributed by atoms with Gasteiger partial charge in [-0.1, -0.05) is 0 Å². The van der Waals surface area contributed by atoms with E-state index in [1.54, 1.807) is 0 Å². The Morgan fingerprint density at radius 1 is 1.36 bits per heavy atom. The predicted octanol–water partition coefficient (Wildman–Crippen LogP) is 0.0886. The van der Waals surface area contributed by atoms with E-state index < -0.39 is 10.1 Å². The summed E-state index contributed by atoms with van der Waals surface area (Å²) < 4.78 is 29.0. The SMILES string of the molecule is CC(C)(C)ONNCCCS(=O)(=O)O. The summed E-state index contributed by atoms with van der Waals surface area (Å²) in [6.07, 6.45) is 0.319. The molecule has 0 unspecified atom stereocenters. The normalized spacial score (nSPS) is 13.1. The molecule has 7 heteroatoms. The van der Waals surface area contributed by atoms with Crippen molar-refractivity contribution in [3.63, 3.8) is 0 Å². The highest BCUT2D eigenvalue weighted by Crippen LogP contribution is 2.02. The second kappa shape index (κ2) is 5.62. The molecule has 86 valence electrons. The Kier molecular flexibility index (Phi) is 5.53. The molecule has 0 aliphatic carbocycles. The molecule has 6 nitrogen and oxygen atoms in total. The molecule has 0 spiro atoms. The highest BCUT2D eigenvalue weighted by Gasteiger charge is 2.09. The van der Waals surface area contributed by atoms with E-state index in [1.165, 1.54) is 0 Å². The molecule has 0 fully saturated rings. The Balaban J connectivity index is 3.32. The van der Waals surface area contributed by atoms with Crippen LogP contribution in [0, 0.1) is 0 Å². The Bertz CT molecular complexity index is 245. The number of hydrazine groups is 1. The lowest BCUT2D eigenvalue weighted by Gasteiger charge is -2.19. The third-order valence-corrected chi connectivity index (χ3v) is 1.94. The lowest BCUT2D eigenvalue weighted by atomic mass is 10.2. The molecule has 0 saturated heterocycles. The van der Waals surface area contributed by atoms with E-state index >= 15 is 0 Å². The fourth-order valence-corrected chi connectivity index (χ4v) is 1.09. The molecule has 0 bridgehead atoms. The van der Waals surface area contributed by atoms with E-state index in [0.717, 1.165) is 0 Å². The lowest BCUT2D eigenvalue weighted by molar-refractivity contribution is -0.0924. The summed E-state index contributed by atoms with van der Waals surface area (Å²) in [6, 6.07) is 0. The van der Waals surface area contributed by atoms with Crippen LogP contribution in [0.25, 0.3) is 0 Å². The van der Waals surface area contributed by atoms with Gasteiger partial charge in [-0.25, -0.2) is 5.43 Å². The molecule has 0 radical (unpaired) electrons. The van der Waals surface area contributed by atoms with Crippen LogP contribution < -0.4 is 11.0 Å². The highest BCUT2D eigenvalue weighted by molar-refractivity contribution is 7.85. The average molecular weight is 226 g/mol. The van der Waals surface area contributed by atoms with Gasteiger partial charge in [0, 0.05) is 6.54 Å². The van der Waals surface area contributed by atoms with Crippen molar-refractivity contribution < 1.29 is 17.8 Å². The van der Waals surface area contributed by atoms with Gasteiger partial charge in [-0.2, -0.15) is 8.42 Å². The van der Waals surface area contributed by atoms with E-state index in [4.69, 9.17) is 9.39 Å². The van der Waals surface area contributed by atoms with Gasteiger partial charge in [-0.05, 0) is 27.2 Å². The summed E-state index contributed by atoms with van der Waals surface area (Å²) in [5.74, 6) is -0.253. The van der Waals surface area contributed by atoms with Crippen molar-refractivity contribution >= 4 is 10.1 Å². The van der Waals surface area contributed by atoms with Crippen LogP contribution in [0.4, 0.5) is 0 Å². The van der Waals surface area contributed by atoms with Crippen molar-refractivity contribution in [2.75, 3.05) is 12.3 Å². The van der Waals surface area contributed by atoms with Crippen molar-refractivity contribution in [3.8, 4) is 0 Å². The van der Waals surface area contributed by atoms with E-state index in [0.29, 0.717) is 13.0 Å². The predicted molar refractivity (Wildman–Crippen MR) is 53.0 cm³/mol. The van der Waals surface area contributed by atoms with Gasteiger partial charge in [0.2, 0.25) is 0 Å². The molecule has 3 N–H and O–H groups in total. The standard InChI is InChI=1S/C7H18N2O4S/c1-7(2,3)13-9-8-5-4-6-14(10,11)12/h8-9H,4-6H2,1-3H3,(H,10,11,12). The monoisotopic (exact) mass is 226 g/mol. The van der Waals surface area contributed by atoms with Crippen LogP contribution in [-0.4, -0.2) is 30.9 Å². The van der Waals surface area contributed by atoms with Crippen LogP contribution in [-0.2, 0) is 15.0 Å². The van der Waals surface area contributed by atoms with Crippen LogP contribution in [0.5, 0.6) is 0 Å². The second-order valence-electron chi connectivity index (χ2n) is 3.88. The first-order valence-corrected chi connectivity index (χ1v) is 5.93. The van der Waals surface area contributed by atoms with Gasteiger partial charge in [-0.15, -0.1) is 5.59 Å². The molecule has 0 saturated carbocycles. The van der Waals surface area contributed by atoms with E-state index in [1.807, 2.05) is 20.8 Å². The fourth-order valence-electron chi connectivity index (χ4n) is 0.583. The molecule has 0 rings (SSSR count). The number of hydrogen-bond acceptors (Lipinski definition) is 5. The van der Waals surface area contributed by atoms with E-state index in [9.17, 15) is 8.42 Å². The Labute approximate surface area is 84.7 Å². The van der Waals surface area contributed by atoms with Crippen molar-refractivity contribution in [1.82, 2.24) is 11.0 Å². The van der Waals surface area contributed by atoms with Crippen LogP contribution in [0.1, 0.15) is 27.2 Å². The van der Waals surface area contributed by atoms with Crippen LogP contribution in [0.15, 0.2) is 0 Å².